The molecule has 2 rings (SSSR count). The fourth-order valence-corrected chi connectivity index (χ4v) is 2.88. The number of halogens is 2. The van der Waals surface area contributed by atoms with Gasteiger partial charge in [0.1, 0.15) is 6.33 Å². The number of hydrogen-bond acceptors (Lipinski definition) is 5. The molecule has 0 fully saturated rings. The molecule has 0 aliphatic carbocycles. The smallest absolute Gasteiger partial charge is 0.258 e. The molecule has 0 spiro atoms. The van der Waals surface area contributed by atoms with Gasteiger partial charge in [-0.3, -0.25) is 10.1 Å². The topological polar surface area (TPSA) is 68.9 Å². The second kappa shape index (κ2) is 6.18. The van der Waals surface area contributed by atoms with Crippen LogP contribution in [0.3, 0.4) is 0 Å². The molecule has 1 aromatic heterocycles. The van der Waals surface area contributed by atoms with E-state index in [4.69, 9.17) is 23.2 Å². The molecule has 0 atom stereocenters. The summed E-state index contributed by atoms with van der Waals surface area (Å²) in [5, 5.41) is 11.6. The summed E-state index contributed by atoms with van der Waals surface area (Å²) in [6, 6.07) is 7.28. The summed E-state index contributed by atoms with van der Waals surface area (Å²) in [6.07, 6.45) is 1.20. The molecule has 0 radical (unpaired) electrons. The summed E-state index contributed by atoms with van der Waals surface area (Å²) in [6.45, 7) is 0. The van der Waals surface area contributed by atoms with E-state index in [-0.39, 0.29) is 15.9 Å². The molecule has 0 bridgehead atoms. The van der Waals surface area contributed by atoms with Crippen LogP contribution < -0.4 is 0 Å². The Morgan fingerprint density at radius 2 is 2.00 bits per heavy atom. The molecule has 5 nitrogen and oxygen atoms in total. The SMILES string of the molecule is O=[N+]([O-])c1c(Cl)ncnc1SCc1ccccc1Cl. The van der Waals surface area contributed by atoms with Crippen LogP contribution in [-0.4, -0.2) is 14.9 Å². The van der Waals surface area contributed by atoms with E-state index in [1.54, 1.807) is 6.07 Å². The normalized spacial score (nSPS) is 10.4. The zero-order valence-corrected chi connectivity index (χ0v) is 11.7. The minimum Gasteiger partial charge on any atom is -0.258 e. The third-order valence-corrected chi connectivity index (χ3v) is 3.92. The van der Waals surface area contributed by atoms with Crippen molar-refractivity contribution in [3.05, 3.63) is 56.4 Å². The summed E-state index contributed by atoms with van der Waals surface area (Å²) in [7, 11) is 0. The molecule has 1 heterocycles. The molecular formula is C11H7Cl2N3O2S. The van der Waals surface area contributed by atoms with Gasteiger partial charge in [-0.15, -0.1) is 0 Å². The van der Waals surface area contributed by atoms with Crippen molar-refractivity contribution in [3.63, 3.8) is 0 Å². The lowest BCUT2D eigenvalue weighted by Crippen LogP contribution is -1.97. The van der Waals surface area contributed by atoms with Crippen LogP contribution >= 0.6 is 35.0 Å². The van der Waals surface area contributed by atoms with Crippen molar-refractivity contribution < 1.29 is 4.92 Å². The Hall–Kier alpha value is -1.37. The summed E-state index contributed by atoms with van der Waals surface area (Å²) in [4.78, 5) is 17.8. The third-order valence-electron chi connectivity index (χ3n) is 2.25. The lowest BCUT2D eigenvalue weighted by molar-refractivity contribution is -0.388. The fourth-order valence-electron chi connectivity index (χ4n) is 1.36. The van der Waals surface area contributed by atoms with E-state index < -0.39 is 4.92 Å². The van der Waals surface area contributed by atoms with Crippen molar-refractivity contribution in [3.8, 4) is 0 Å². The molecule has 98 valence electrons. The predicted molar refractivity (Wildman–Crippen MR) is 74.7 cm³/mol. The molecule has 2 aromatic rings. The average molecular weight is 316 g/mol. The summed E-state index contributed by atoms with van der Waals surface area (Å²) >= 11 is 12.9. The van der Waals surface area contributed by atoms with Crippen LogP contribution in [0.5, 0.6) is 0 Å². The zero-order chi connectivity index (χ0) is 13.8. The highest BCUT2D eigenvalue weighted by Gasteiger charge is 2.21. The van der Waals surface area contributed by atoms with Crippen molar-refractivity contribution in [1.29, 1.82) is 0 Å². The van der Waals surface area contributed by atoms with E-state index in [2.05, 4.69) is 9.97 Å². The van der Waals surface area contributed by atoms with Crippen LogP contribution in [-0.2, 0) is 5.75 Å². The highest BCUT2D eigenvalue weighted by molar-refractivity contribution is 7.98. The summed E-state index contributed by atoms with van der Waals surface area (Å²) < 4.78 is 0. The van der Waals surface area contributed by atoms with Gasteiger partial charge >= 0.3 is 5.69 Å². The molecule has 0 unspecified atom stereocenters. The molecule has 19 heavy (non-hydrogen) atoms. The van der Waals surface area contributed by atoms with Crippen molar-refractivity contribution in [1.82, 2.24) is 9.97 Å². The van der Waals surface area contributed by atoms with Gasteiger partial charge in [-0.05, 0) is 11.6 Å². The zero-order valence-electron chi connectivity index (χ0n) is 9.42. The van der Waals surface area contributed by atoms with Gasteiger partial charge in [0.05, 0.1) is 4.92 Å². The Morgan fingerprint density at radius 3 is 2.68 bits per heavy atom. The average Bonchev–Trinajstić information content (AvgIpc) is 2.37. The Bertz CT molecular complexity index is 625. The van der Waals surface area contributed by atoms with Gasteiger partial charge in [0.15, 0.2) is 5.03 Å². The van der Waals surface area contributed by atoms with Crippen LogP contribution in [0.1, 0.15) is 5.56 Å². The Labute approximate surface area is 123 Å². The fraction of sp³-hybridized carbons (Fsp3) is 0.0909. The Morgan fingerprint density at radius 1 is 1.26 bits per heavy atom. The maximum Gasteiger partial charge on any atom is 0.338 e. The number of nitro groups is 1. The van der Waals surface area contributed by atoms with Crippen molar-refractivity contribution in [2.75, 3.05) is 0 Å². The van der Waals surface area contributed by atoms with Gasteiger partial charge in [0.25, 0.3) is 0 Å². The highest BCUT2D eigenvalue weighted by Crippen LogP contribution is 2.34. The summed E-state index contributed by atoms with van der Waals surface area (Å²) in [5.41, 5.74) is 0.597. The monoisotopic (exact) mass is 315 g/mol. The van der Waals surface area contributed by atoms with Gasteiger partial charge in [-0.25, -0.2) is 9.97 Å². The van der Waals surface area contributed by atoms with Gasteiger partial charge in [-0.2, -0.15) is 0 Å². The number of aromatic nitrogens is 2. The third kappa shape index (κ3) is 3.34. The van der Waals surface area contributed by atoms with E-state index in [1.807, 2.05) is 18.2 Å². The molecule has 0 aliphatic rings. The Kier molecular flexibility index (Phi) is 4.57. The van der Waals surface area contributed by atoms with Crippen LogP contribution in [0.2, 0.25) is 10.2 Å². The lowest BCUT2D eigenvalue weighted by Gasteiger charge is -2.04. The van der Waals surface area contributed by atoms with E-state index in [0.29, 0.717) is 10.8 Å². The Balaban J connectivity index is 2.23. The number of rotatable bonds is 4. The number of benzene rings is 1. The van der Waals surface area contributed by atoms with Crippen LogP contribution in [0, 0.1) is 10.1 Å². The number of thioether (sulfide) groups is 1. The van der Waals surface area contributed by atoms with Crippen LogP contribution in [0.15, 0.2) is 35.6 Å². The number of hydrogen-bond donors (Lipinski definition) is 0. The molecule has 8 heteroatoms. The van der Waals surface area contributed by atoms with Gasteiger partial charge < -0.3 is 0 Å². The minimum atomic E-state index is -0.586. The van der Waals surface area contributed by atoms with E-state index in [9.17, 15) is 10.1 Å². The van der Waals surface area contributed by atoms with Gasteiger partial charge in [-0.1, -0.05) is 53.2 Å². The minimum absolute atomic E-state index is 0.165. The first-order valence-corrected chi connectivity index (χ1v) is 6.85. The van der Waals surface area contributed by atoms with E-state index in [0.717, 1.165) is 5.56 Å². The first-order chi connectivity index (χ1) is 9.09. The first-order valence-electron chi connectivity index (χ1n) is 5.10. The summed E-state index contributed by atoms with van der Waals surface area (Å²) in [5.74, 6) is 0.466. The molecule has 0 saturated heterocycles. The number of nitrogens with zero attached hydrogens (tertiary/aromatic N) is 3. The lowest BCUT2D eigenvalue weighted by atomic mass is 10.2. The largest absolute Gasteiger partial charge is 0.338 e. The maximum atomic E-state index is 10.9. The van der Waals surface area contributed by atoms with Crippen molar-refractivity contribution >= 4 is 40.7 Å². The second-order valence-corrected chi connectivity index (χ2v) is 5.18. The van der Waals surface area contributed by atoms with Crippen molar-refractivity contribution in [2.45, 2.75) is 10.8 Å². The molecule has 1 aromatic carbocycles. The molecule has 0 aliphatic heterocycles. The standard InChI is InChI=1S/C11H7Cl2N3O2S/c12-8-4-2-1-3-7(8)5-19-11-9(16(17)18)10(13)14-6-15-11/h1-4,6H,5H2. The van der Waals surface area contributed by atoms with Crippen LogP contribution in [0.4, 0.5) is 5.69 Å². The molecule has 0 saturated carbocycles. The van der Waals surface area contributed by atoms with E-state index in [1.165, 1.54) is 18.1 Å². The highest BCUT2D eigenvalue weighted by atomic mass is 35.5. The van der Waals surface area contributed by atoms with Gasteiger partial charge in [0, 0.05) is 10.8 Å². The molecular weight excluding hydrogens is 309 g/mol. The predicted octanol–water partition coefficient (Wildman–Crippen LogP) is 3.98. The maximum absolute atomic E-state index is 10.9. The quantitative estimate of drug-likeness (QED) is 0.369. The first kappa shape index (κ1) is 14.0. The second-order valence-electron chi connectivity index (χ2n) is 3.46. The molecule has 0 N–H and O–H groups in total. The van der Waals surface area contributed by atoms with Crippen LogP contribution in [0.25, 0.3) is 0 Å². The van der Waals surface area contributed by atoms with Gasteiger partial charge in [0.2, 0.25) is 5.15 Å². The molecule has 0 amide bonds. The van der Waals surface area contributed by atoms with E-state index >= 15 is 0 Å². The van der Waals surface area contributed by atoms with Crippen molar-refractivity contribution in [2.24, 2.45) is 0 Å².